The minimum Gasteiger partial charge on any atom is -0.489 e. The maximum Gasteiger partial charge on any atom is 0.265 e. The molecule has 210 valence electrons. The van der Waals surface area contributed by atoms with Gasteiger partial charge in [0.15, 0.2) is 5.82 Å². The lowest BCUT2D eigenvalue weighted by Gasteiger charge is -2.27. The number of amides is 5. The molecule has 3 aromatic rings. The quantitative estimate of drug-likeness (QED) is 0.359. The van der Waals surface area contributed by atoms with Gasteiger partial charge in [0.05, 0.1) is 17.5 Å². The largest absolute Gasteiger partial charge is 0.489 e. The van der Waals surface area contributed by atoms with Crippen LogP contribution in [0.5, 0.6) is 5.75 Å². The van der Waals surface area contributed by atoms with E-state index in [1.165, 1.54) is 18.6 Å². The van der Waals surface area contributed by atoms with E-state index in [1.54, 1.807) is 24.3 Å². The fourth-order valence-electron chi connectivity index (χ4n) is 5.24. The Morgan fingerprint density at radius 1 is 1.05 bits per heavy atom. The first-order valence-electron chi connectivity index (χ1n) is 13.4. The van der Waals surface area contributed by atoms with Crippen molar-refractivity contribution in [2.24, 2.45) is 0 Å². The molecule has 2 fully saturated rings. The Labute approximate surface area is 233 Å². The van der Waals surface area contributed by atoms with Crippen molar-refractivity contribution in [1.29, 1.82) is 0 Å². The van der Waals surface area contributed by atoms with E-state index in [4.69, 9.17) is 4.74 Å². The number of aromatic nitrogens is 2. The monoisotopic (exact) mass is 559 g/mol. The number of nitrogens with zero attached hydrogens (tertiary/aromatic N) is 2. The van der Waals surface area contributed by atoms with E-state index in [-0.39, 0.29) is 42.9 Å². The van der Waals surface area contributed by atoms with Gasteiger partial charge in [-0.05, 0) is 43.0 Å². The molecule has 1 saturated carbocycles. The van der Waals surface area contributed by atoms with Crippen molar-refractivity contribution in [3.8, 4) is 5.75 Å². The molecule has 41 heavy (non-hydrogen) atoms. The first kappa shape index (κ1) is 26.4. The van der Waals surface area contributed by atoms with Crippen molar-refractivity contribution in [1.82, 2.24) is 20.4 Å². The third-order valence-corrected chi connectivity index (χ3v) is 7.72. The Hall–Kier alpha value is -4.87. The van der Waals surface area contributed by atoms with Crippen LogP contribution in [-0.4, -0.2) is 50.7 Å². The number of fused-ring (bicyclic) bond motifs is 1. The molecule has 5 amide bonds. The maximum absolute atomic E-state index is 15.4. The molecule has 3 N–H and O–H groups in total. The number of anilines is 1. The third kappa shape index (κ3) is 5.08. The van der Waals surface area contributed by atoms with Gasteiger partial charge in [-0.15, -0.1) is 0 Å². The number of imide groups is 2. The number of carbonyl (C=O) groups excluding carboxylic acids is 5. The van der Waals surface area contributed by atoms with Crippen molar-refractivity contribution in [2.75, 3.05) is 5.32 Å². The van der Waals surface area contributed by atoms with Gasteiger partial charge in [-0.1, -0.05) is 24.6 Å². The Morgan fingerprint density at radius 2 is 1.83 bits per heavy atom. The van der Waals surface area contributed by atoms with Gasteiger partial charge in [0.25, 0.3) is 11.8 Å². The van der Waals surface area contributed by atoms with Gasteiger partial charge in [0, 0.05) is 29.7 Å². The van der Waals surface area contributed by atoms with Gasteiger partial charge in [-0.2, -0.15) is 5.10 Å². The van der Waals surface area contributed by atoms with E-state index in [0.29, 0.717) is 22.4 Å². The molecule has 0 radical (unpaired) electrons. The van der Waals surface area contributed by atoms with Gasteiger partial charge >= 0.3 is 0 Å². The third-order valence-electron chi connectivity index (χ3n) is 7.72. The first-order chi connectivity index (χ1) is 19.8. The number of ether oxygens (including phenoxy) is 1. The van der Waals surface area contributed by atoms with E-state index >= 15 is 4.39 Å². The summed E-state index contributed by atoms with van der Waals surface area (Å²) in [6.07, 6.45) is 3.55. The number of piperidine rings is 1. The fourth-order valence-corrected chi connectivity index (χ4v) is 5.24. The molecular weight excluding hydrogens is 533 g/mol. The molecule has 1 atom stereocenters. The molecule has 2 aliphatic heterocycles. The van der Waals surface area contributed by atoms with E-state index in [0.717, 1.165) is 24.1 Å². The zero-order valence-corrected chi connectivity index (χ0v) is 21.9. The van der Waals surface area contributed by atoms with Gasteiger partial charge in [-0.3, -0.25) is 39.3 Å². The molecule has 3 aliphatic rings. The van der Waals surface area contributed by atoms with Gasteiger partial charge in [0.1, 0.15) is 24.2 Å². The van der Waals surface area contributed by atoms with Crippen molar-refractivity contribution < 1.29 is 33.1 Å². The van der Waals surface area contributed by atoms with Gasteiger partial charge < -0.3 is 10.1 Å². The van der Waals surface area contributed by atoms with Crippen molar-refractivity contribution in [3.05, 3.63) is 76.2 Å². The molecular formula is C29H26FN5O6. The number of aromatic amines is 1. The molecule has 1 aromatic heterocycles. The van der Waals surface area contributed by atoms with E-state index in [1.807, 2.05) is 6.07 Å². The number of nitrogens with one attached hydrogen (secondary N) is 3. The van der Waals surface area contributed by atoms with Crippen LogP contribution in [0.15, 0.2) is 42.5 Å². The lowest BCUT2D eigenvalue weighted by molar-refractivity contribution is -0.136. The second-order valence-electron chi connectivity index (χ2n) is 10.4. The van der Waals surface area contributed by atoms with Crippen LogP contribution in [0.2, 0.25) is 0 Å². The van der Waals surface area contributed by atoms with Crippen LogP contribution in [0.25, 0.3) is 0 Å². The van der Waals surface area contributed by atoms with E-state index in [2.05, 4.69) is 20.8 Å². The highest BCUT2D eigenvalue weighted by Crippen LogP contribution is 2.36. The summed E-state index contributed by atoms with van der Waals surface area (Å²) in [5.74, 6) is -2.67. The second kappa shape index (κ2) is 10.6. The summed E-state index contributed by atoms with van der Waals surface area (Å²) in [6.45, 7) is -0.221. The summed E-state index contributed by atoms with van der Waals surface area (Å²) < 4.78 is 21.1. The van der Waals surface area contributed by atoms with E-state index in [9.17, 15) is 24.0 Å². The molecule has 1 unspecified atom stereocenters. The van der Waals surface area contributed by atoms with Crippen molar-refractivity contribution >= 4 is 35.4 Å². The number of halogens is 1. The number of rotatable bonds is 8. The maximum atomic E-state index is 15.4. The molecule has 0 spiro atoms. The predicted molar refractivity (Wildman–Crippen MR) is 141 cm³/mol. The number of benzene rings is 2. The molecule has 3 heterocycles. The standard InChI is InChI=1S/C29H26FN5O6/c30-26-17(6-9-19-25(26)29(40)35(28(19)39)21-10-11-23(36)32-27(21)38)14-41-18-7-4-15(5-8-18)12-24(37)31-22-13-20(33-34-22)16-2-1-3-16/h4-9,13,16,21H,1-3,10-12,14H2,(H,32,36,38)(H2,31,33,34,37). The first-order valence-corrected chi connectivity index (χ1v) is 13.4. The van der Waals surface area contributed by atoms with Crippen LogP contribution in [0, 0.1) is 5.82 Å². The summed E-state index contributed by atoms with van der Waals surface area (Å²) in [4.78, 5) is 62.7. The molecule has 0 bridgehead atoms. The summed E-state index contributed by atoms with van der Waals surface area (Å²) in [5.41, 5.74) is 1.27. The molecule has 1 aliphatic carbocycles. The van der Waals surface area contributed by atoms with Crippen LogP contribution in [0.4, 0.5) is 10.2 Å². The van der Waals surface area contributed by atoms with E-state index < -0.39 is 41.1 Å². The van der Waals surface area contributed by atoms with Gasteiger partial charge in [-0.25, -0.2) is 4.39 Å². The smallest absolute Gasteiger partial charge is 0.265 e. The van der Waals surface area contributed by atoms with Crippen LogP contribution in [0.1, 0.15) is 75.6 Å². The highest BCUT2D eigenvalue weighted by molar-refractivity contribution is 6.23. The zero-order valence-electron chi connectivity index (χ0n) is 21.9. The van der Waals surface area contributed by atoms with Crippen LogP contribution >= 0.6 is 0 Å². The molecule has 1 saturated heterocycles. The lowest BCUT2D eigenvalue weighted by Crippen LogP contribution is -2.54. The molecule has 6 rings (SSSR count). The van der Waals surface area contributed by atoms with Crippen molar-refractivity contribution in [3.63, 3.8) is 0 Å². The molecule has 11 nitrogen and oxygen atoms in total. The number of H-pyrrole nitrogens is 1. The minimum atomic E-state index is -1.18. The highest BCUT2D eigenvalue weighted by Gasteiger charge is 2.46. The fraction of sp³-hybridized carbons (Fsp3) is 0.310. The van der Waals surface area contributed by atoms with Crippen LogP contribution in [-0.2, 0) is 27.4 Å². The number of carbonyl (C=O) groups is 5. The lowest BCUT2D eigenvalue weighted by atomic mass is 9.83. The Bertz CT molecular complexity index is 1580. The van der Waals surface area contributed by atoms with Crippen molar-refractivity contribution in [2.45, 2.75) is 57.1 Å². The zero-order chi connectivity index (χ0) is 28.7. The predicted octanol–water partition coefficient (Wildman–Crippen LogP) is 2.98. The Balaban J connectivity index is 1.06. The topological polar surface area (TPSA) is 151 Å². The Morgan fingerprint density at radius 3 is 2.54 bits per heavy atom. The summed E-state index contributed by atoms with van der Waals surface area (Å²) in [5, 5.41) is 12.0. The minimum absolute atomic E-state index is 0.0181. The normalized spacial score (nSPS) is 18.7. The SMILES string of the molecule is O=C1CCC(N2C(=O)c3ccc(COc4ccc(CC(=O)Nc5cc(C6CCC6)[nH]n5)cc4)c(F)c3C2=O)C(=O)N1. The average molecular weight is 560 g/mol. The average Bonchev–Trinajstić information content (AvgIpc) is 3.45. The second-order valence-corrected chi connectivity index (χ2v) is 10.4. The summed E-state index contributed by atoms with van der Waals surface area (Å²) in [6, 6.07) is 10.1. The summed E-state index contributed by atoms with van der Waals surface area (Å²) >= 11 is 0. The summed E-state index contributed by atoms with van der Waals surface area (Å²) in [7, 11) is 0. The Kier molecular flexibility index (Phi) is 6.82. The van der Waals surface area contributed by atoms with Crippen LogP contribution in [0.3, 0.4) is 0 Å². The molecule has 2 aromatic carbocycles. The highest BCUT2D eigenvalue weighted by atomic mass is 19.1. The molecule has 12 heteroatoms. The number of hydrogen-bond acceptors (Lipinski definition) is 7. The number of hydrogen-bond donors (Lipinski definition) is 3. The van der Waals surface area contributed by atoms with Gasteiger partial charge in [0.2, 0.25) is 17.7 Å². The van der Waals surface area contributed by atoms with Crippen LogP contribution < -0.4 is 15.4 Å².